The van der Waals surface area contributed by atoms with Crippen molar-refractivity contribution in [2.45, 2.75) is 52.1 Å². The molecule has 0 aromatic carbocycles. The van der Waals surface area contributed by atoms with Crippen LogP contribution >= 0.6 is 0 Å². The first kappa shape index (κ1) is 10.7. The molecular weight excluding hydrogens is 186 g/mol. The van der Waals surface area contributed by atoms with Crippen molar-refractivity contribution < 1.29 is 4.42 Å². The number of hydrogen-bond donors (Lipinski definition) is 1. The number of aryl methyl sites for hydroxylation is 1. The fraction of sp³-hybridized carbons (Fsp3) is 0.692. The van der Waals surface area contributed by atoms with Crippen LogP contribution in [0.25, 0.3) is 0 Å². The lowest BCUT2D eigenvalue weighted by molar-refractivity contribution is 0.263. The zero-order valence-corrected chi connectivity index (χ0v) is 9.75. The number of nitrogens with one attached hydrogen (secondary N) is 1. The van der Waals surface area contributed by atoms with Gasteiger partial charge in [0.2, 0.25) is 0 Å². The maximum atomic E-state index is 5.52. The SMILES string of the molecule is Cc1ccc(CNC(C)CC2CCC2)o1. The van der Waals surface area contributed by atoms with Gasteiger partial charge in [-0.2, -0.15) is 0 Å². The van der Waals surface area contributed by atoms with E-state index in [0.717, 1.165) is 24.0 Å². The van der Waals surface area contributed by atoms with Crippen molar-refractivity contribution in [3.05, 3.63) is 23.7 Å². The van der Waals surface area contributed by atoms with Gasteiger partial charge in [0.15, 0.2) is 0 Å². The van der Waals surface area contributed by atoms with E-state index in [1.807, 2.05) is 13.0 Å². The van der Waals surface area contributed by atoms with Crippen molar-refractivity contribution in [3.63, 3.8) is 0 Å². The molecule has 1 aliphatic rings. The van der Waals surface area contributed by atoms with E-state index in [1.165, 1.54) is 25.7 Å². The number of furan rings is 1. The molecule has 0 amide bonds. The third kappa shape index (κ3) is 3.10. The van der Waals surface area contributed by atoms with E-state index >= 15 is 0 Å². The highest BCUT2D eigenvalue weighted by Crippen LogP contribution is 2.30. The summed E-state index contributed by atoms with van der Waals surface area (Å²) in [4.78, 5) is 0. The van der Waals surface area contributed by atoms with Gasteiger partial charge in [0, 0.05) is 6.04 Å². The second-order valence-electron chi connectivity index (χ2n) is 4.83. The maximum absolute atomic E-state index is 5.52. The van der Waals surface area contributed by atoms with Gasteiger partial charge >= 0.3 is 0 Å². The summed E-state index contributed by atoms with van der Waals surface area (Å²) in [7, 11) is 0. The molecule has 0 bridgehead atoms. The molecule has 1 heterocycles. The lowest BCUT2D eigenvalue weighted by Gasteiger charge is -2.28. The Bertz CT molecular complexity index is 301. The lowest BCUT2D eigenvalue weighted by atomic mass is 9.81. The molecule has 2 nitrogen and oxygen atoms in total. The van der Waals surface area contributed by atoms with Crippen LogP contribution in [0.2, 0.25) is 0 Å². The molecule has 0 radical (unpaired) electrons. The van der Waals surface area contributed by atoms with Gasteiger partial charge in [-0.15, -0.1) is 0 Å². The summed E-state index contributed by atoms with van der Waals surface area (Å²) in [5.41, 5.74) is 0. The first-order chi connectivity index (χ1) is 7.24. The van der Waals surface area contributed by atoms with Crippen LogP contribution in [-0.2, 0) is 6.54 Å². The van der Waals surface area contributed by atoms with Gasteiger partial charge in [0.25, 0.3) is 0 Å². The van der Waals surface area contributed by atoms with Crippen LogP contribution in [0.1, 0.15) is 44.1 Å². The Kier molecular flexibility index (Phi) is 3.47. The molecule has 1 aromatic rings. The van der Waals surface area contributed by atoms with Gasteiger partial charge in [-0.05, 0) is 38.3 Å². The van der Waals surface area contributed by atoms with Gasteiger partial charge < -0.3 is 9.73 Å². The molecule has 15 heavy (non-hydrogen) atoms. The molecule has 2 heteroatoms. The highest BCUT2D eigenvalue weighted by atomic mass is 16.3. The topological polar surface area (TPSA) is 25.2 Å². The molecule has 0 saturated heterocycles. The second kappa shape index (κ2) is 4.84. The van der Waals surface area contributed by atoms with Crippen LogP contribution < -0.4 is 5.32 Å². The fourth-order valence-corrected chi connectivity index (χ4v) is 2.17. The van der Waals surface area contributed by atoms with E-state index in [4.69, 9.17) is 4.42 Å². The van der Waals surface area contributed by atoms with Crippen molar-refractivity contribution in [2.24, 2.45) is 5.92 Å². The van der Waals surface area contributed by atoms with E-state index in [-0.39, 0.29) is 0 Å². The van der Waals surface area contributed by atoms with Crippen molar-refractivity contribution in [3.8, 4) is 0 Å². The summed E-state index contributed by atoms with van der Waals surface area (Å²) in [6.07, 6.45) is 5.63. The minimum absolute atomic E-state index is 0.612. The average Bonchev–Trinajstić information content (AvgIpc) is 2.55. The predicted octanol–water partition coefficient (Wildman–Crippen LogP) is 3.26. The first-order valence-electron chi connectivity index (χ1n) is 6.03. The summed E-state index contributed by atoms with van der Waals surface area (Å²) in [5.74, 6) is 3.03. The molecule has 1 saturated carbocycles. The quantitative estimate of drug-likeness (QED) is 0.801. The smallest absolute Gasteiger partial charge is 0.117 e. The standard InChI is InChI=1S/C13H21NO/c1-10(8-12-4-3-5-12)14-9-13-7-6-11(2)15-13/h6-7,10,12,14H,3-5,8-9H2,1-2H3. The monoisotopic (exact) mass is 207 g/mol. The Labute approximate surface area is 92.1 Å². The Morgan fingerprint density at radius 1 is 1.47 bits per heavy atom. The zero-order chi connectivity index (χ0) is 10.7. The second-order valence-corrected chi connectivity index (χ2v) is 4.83. The fourth-order valence-electron chi connectivity index (χ4n) is 2.17. The van der Waals surface area contributed by atoms with Crippen LogP contribution in [0.15, 0.2) is 16.5 Å². The summed E-state index contributed by atoms with van der Waals surface area (Å²) in [6, 6.07) is 4.69. The van der Waals surface area contributed by atoms with Gasteiger partial charge in [0.1, 0.15) is 11.5 Å². The van der Waals surface area contributed by atoms with Crippen LogP contribution in [0.3, 0.4) is 0 Å². The third-order valence-corrected chi connectivity index (χ3v) is 3.33. The predicted molar refractivity (Wildman–Crippen MR) is 61.7 cm³/mol. The van der Waals surface area contributed by atoms with Crippen LogP contribution in [0.4, 0.5) is 0 Å². The first-order valence-corrected chi connectivity index (χ1v) is 6.03. The Morgan fingerprint density at radius 2 is 2.27 bits per heavy atom. The molecule has 84 valence electrons. The molecule has 0 spiro atoms. The van der Waals surface area contributed by atoms with Gasteiger partial charge in [0.05, 0.1) is 6.54 Å². The van der Waals surface area contributed by atoms with E-state index < -0.39 is 0 Å². The lowest BCUT2D eigenvalue weighted by Crippen LogP contribution is -2.29. The van der Waals surface area contributed by atoms with Crippen LogP contribution in [0, 0.1) is 12.8 Å². The van der Waals surface area contributed by atoms with Crippen molar-refractivity contribution >= 4 is 0 Å². The highest BCUT2D eigenvalue weighted by Gasteiger charge is 2.19. The normalized spacial score (nSPS) is 18.8. The number of rotatable bonds is 5. The zero-order valence-electron chi connectivity index (χ0n) is 9.75. The molecule has 1 N–H and O–H groups in total. The van der Waals surface area contributed by atoms with Crippen molar-refractivity contribution in [2.75, 3.05) is 0 Å². The largest absolute Gasteiger partial charge is 0.465 e. The minimum atomic E-state index is 0.612. The van der Waals surface area contributed by atoms with E-state index in [0.29, 0.717) is 6.04 Å². The van der Waals surface area contributed by atoms with Gasteiger partial charge in [-0.25, -0.2) is 0 Å². The van der Waals surface area contributed by atoms with E-state index in [9.17, 15) is 0 Å². The Hall–Kier alpha value is -0.760. The molecule has 1 aromatic heterocycles. The molecule has 0 aliphatic heterocycles. The highest BCUT2D eigenvalue weighted by molar-refractivity contribution is 5.05. The average molecular weight is 207 g/mol. The maximum Gasteiger partial charge on any atom is 0.117 e. The van der Waals surface area contributed by atoms with Gasteiger partial charge in [-0.1, -0.05) is 19.3 Å². The van der Waals surface area contributed by atoms with E-state index in [2.05, 4.69) is 18.3 Å². The Balaban J connectivity index is 1.68. The van der Waals surface area contributed by atoms with Gasteiger partial charge in [-0.3, -0.25) is 0 Å². The summed E-state index contributed by atoms with van der Waals surface area (Å²) in [6.45, 7) is 5.12. The molecule has 1 aliphatic carbocycles. The molecular formula is C13H21NO. The summed E-state index contributed by atoms with van der Waals surface area (Å²) in [5, 5.41) is 3.52. The van der Waals surface area contributed by atoms with E-state index in [1.54, 1.807) is 0 Å². The molecule has 1 unspecified atom stereocenters. The summed E-state index contributed by atoms with van der Waals surface area (Å²) >= 11 is 0. The number of hydrogen-bond acceptors (Lipinski definition) is 2. The molecule has 1 fully saturated rings. The van der Waals surface area contributed by atoms with Crippen LogP contribution in [-0.4, -0.2) is 6.04 Å². The molecule has 2 rings (SSSR count). The Morgan fingerprint density at radius 3 is 2.80 bits per heavy atom. The van der Waals surface area contributed by atoms with Crippen molar-refractivity contribution in [1.82, 2.24) is 5.32 Å². The molecule has 1 atom stereocenters. The summed E-state index contributed by atoms with van der Waals surface area (Å²) < 4.78 is 5.52. The third-order valence-electron chi connectivity index (χ3n) is 3.33. The van der Waals surface area contributed by atoms with Crippen molar-refractivity contribution in [1.29, 1.82) is 0 Å². The minimum Gasteiger partial charge on any atom is -0.465 e. The van der Waals surface area contributed by atoms with Crippen LogP contribution in [0.5, 0.6) is 0 Å².